The predicted molar refractivity (Wildman–Crippen MR) is 114 cm³/mol. The van der Waals surface area contributed by atoms with Crippen LogP contribution in [0.25, 0.3) is 0 Å². The maximum absolute atomic E-state index is 12.8. The minimum Gasteiger partial charge on any atom is -0.492 e. The largest absolute Gasteiger partial charge is 0.492 e. The van der Waals surface area contributed by atoms with Gasteiger partial charge in [-0.3, -0.25) is 10.1 Å². The van der Waals surface area contributed by atoms with Gasteiger partial charge in [0.25, 0.3) is 5.69 Å². The molecule has 0 unspecified atom stereocenters. The van der Waals surface area contributed by atoms with Crippen LogP contribution in [0.15, 0.2) is 53.4 Å². The topological polar surface area (TPSA) is 122 Å². The Bertz CT molecular complexity index is 1050. The molecule has 2 amide bonds. The molecule has 0 bridgehead atoms. The molecule has 1 aliphatic rings. The van der Waals surface area contributed by atoms with E-state index in [2.05, 4.69) is 5.32 Å². The second-order valence-corrected chi connectivity index (χ2v) is 8.98. The minimum atomic E-state index is -3.87. The standard InChI is InChI=1S/C20H24N4O6S/c1-16-4-2-6-18(14-16)30-13-8-21-20(25)22-9-11-23(12-10-22)31(28,29)19-7-3-5-17(15-19)24(26)27/h2-7,14-15H,8-13H2,1H3,(H,21,25). The summed E-state index contributed by atoms with van der Waals surface area (Å²) in [7, 11) is -3.87. The lowest BCUT2D eigenvalue weighted by Gasteiger charge is -2.33. The van der Waals surface area contributed by atoms with Gasteiger partial charge in [0, 0.05) is 38.3 Å². The fourth-order valence-corrected chi connectivity index (χ4v) is 4.64. The number of aryl methyl sites for hydroxylation is 1. The molecule has 1 N–H and O–H groups in total. The summed E-state index contributed by atoms with van der Waals surface area (Å²) in [6.07, 6.45) is 0. The summed E-state index contributed by atoms with van der Waals surface area (Å²) in [5, 5.41) is 13.7. The molecule has 166 valence electrons. The Balaban J connectivity index is 1.47. The van der Waals surface area contributed by atoms with Crippen molar-refractivity contribution in [1.29, 1.82) is 0 Å². The second kappa shape index (κ2) is 9.75. The molecule has 0 aromatic heterocycles. The highest BCUT2D eigenvalue weighted by Crippen LogP contribution is 2.22. The number of amides is 2. The Hall–Kier alpha value is -3.18. The summed E-state index contributed by atoms with van der Waals surface area (Å²) in [5.74, 6) is 0.731. The first-order valence-corrected chi connectivity index (χ1v) is 11.2. The van der Waals surface area contributed by atoms with E-state index in [0.717, 1.165) is 17.4 Å². The quantitative estimate of drug-likeness (QED) is 0.393. The fourth-order valence-electron chi connectivity index (χ4n) is 3.18. The summed E-state index contributed by atoms with van der Waals surface area (Å²) in [4.78, 5) is 24.0. The first-order chi connectivity index (χ1) is 14.8. The van der Waals surface area contributed by atoms with Crippen molar-refractivity contribution in [2.24, 2.45) is 0 Å². The smallest absolute Gasteiger partial charge is 0.317 e. The SMILES string of the molecule is Cc1cccc(OCCNC(=O)N2CCN(S(=O)(=O)c3cccc([N+](=O)[O-])c3)CC2)c1. The van der Waals surface area contributed by atoms with E-state index in [9.17, 15) is 23.3 Å². The van der Waals surface area contributed by atoms with E-state index in [4.69, 9.17) is 4.74 Å². The number of nitro benzene ring substituents is 1. The van der Waals surface area contributed by atoms with E-state index in [0.29, 0.717) is 13.2 Å². The average molecular weight is 449 g/mol. The van der Waals surface area contributed by atoms with Gasteiger partial charge in [0.05, 0.1) is 16.4 Å². The molecule has 3 rings (SSSR count). The fraction of sp³-hybridized carbons (Fsp3) is 0.350. The molecule has 2 aromatic rings. The molecule has 0 radical (unpaired) electrons. The third-order valence-corrected chi connectivity index (χ3v) is 6.72. The van der Waals surface area contributed by atoms with Crippen LogP contribution in [0, 0.1) is 17.0 Å². The molecule has 2 aromatic carbocycles. The molecule has 10 nitrogen and oxygen atoms in total. The van der Waals surface area contributed by atoms with Gasteiger partial charge in [0.15, 0.2) is 0 Å². The van der Waals surface area contributed by atoms with E-state index in [1.165, 1.54) is 27.4 Å². The molecule has 31 heavy (non-hydrogen) atoms. The zero-order chi connectivity index (χ0) is 22.4. The van der Waals surface area contributed by atoms with Crippen molar-refractivity contribution in [2.45, 2.75) is 11.8 Å². The summed E-state index contributed by atoms with van der Waals surface area (Å²) in [5.41, 5.74) is 0.798. The zero-order valence-electron chi connectivity index (χ0n) is 17.1. The zero-order valence-corrected chi connectivity index (χ0v) is 17.9. The predicted octanol–water partition coefficient (Wildman–Crippen LogP) is 2.00. The third kappa shape index (κ3) is 5.70. The molecule has 0 spiro atoms. The van der Waals surface area contributed by atoms with Gasteiger partial charge in [-0.15, -0.1) is 0 Å². The molecule has 1 fully saturated rings. The van der Waals surface area contributed by atoms with Crippen LogP contribution in [0.1, 0.15) is 5.56 Å². The molecule has 1 aliphatic heterocycles. The number of urea groups is 1. The number of ether oxygens (including phenoxy) is 1. The summed E-state index contributed by atoms with van der Waals surface area (Å²) in [6.45, 7) is 3.26. The lowest BCUT2D eigenvalue weighted by molar-refractivity contribution is -0.385. The molecular weight excluding hydrogens is 424 g/mol. The molecule has 11 heteroatoms. The molecule has 1 heterocycles. The Morgan fingerprint density at radius 3 is 2.52 bits per heavy atom. The number of benzene rings is 2. The monoisotopic (exact) mass is 448 g/mol. The van der Waals surface area contributed by atoms with Crippen LogP contribution in [0.3, 0.4) is 0 Å². The van der Waals surface area contributed by atoms with Crippen LogP contribution in [-0.4, -0.2) is 67.9 Å². The minimum absolute atomic E-state index is 0.109. The lowest BCUT2D eigenvalue weighted by atomic mass is 10.2. The summed E-state index contributed by atoms with van der Waals surface area (Å²) < 4.78 is 32.4. The highest BCUT2D eigenvalue weighted by molar-refractivity contribution is 7.89. The van der Waals surface area contributed by atoms with Gasteiger partial charge in [0.1, 0.15) is 12.4 Å². The van der Waals surface area contributed by atoms with Crippen LogP contribution in [0.2, 0.25) is 0 Å². The highest BCUT2D eigenvalue weighted by Gasteiger charge is 2.30. The Morgan fingerprint density at radius 1 is 1.13 bits per heavy atom. The molecule has 1 saturated heterocycles. The van der Waals surface area contributed by atoms with Gasteiger partial charge in [-0.2, -0.15) is 4.31 Å². The summed E-state index contributed by atoms with van der Waals surface area (Å²) >= 11 is 0. The normalized spacial score (nSPS) is 14.8. The number of carbonyl (C=O) groups excluding carboxylic acids is 1. The Morgan fingerprint density at radius 2 is 1.84 bits per heavy atom. The molecule has 0 saturated carbocycles. The lowest BCUT2D eigenvalue weighted by Crippen LogP contribution is -2.53. The number of carbonyl (C=O) groups is 1. The van der Waals surface area contributed by atoms with Gasteiger partial charge in [0.2, 0.25) is 10.0 Å². The van der Waals surface area contributed by atoms with Gasteiger partial charge in [-0.1, -0.05) is 18.2 Å². The number of piperazine rings is 1. The number of nitro groups is 1. The number of hydrogen-bond donors (Lipinski definition) is 1. The van der Waals surface area contributed by atoms with E-state index in [-0.39, 0.29) is 42.8 Å². The Kier molecular flexibility index (Phi) is 7.08. The van der Waals surface area contributed by atoms with E-state index in [1.807, 2.05) is 31.2 Å². The van der Waals surface area contributed by atoms with Gasteiger partial charge in [-0.25, -0.2) is 13.2 Å². The van der Waals surface area contributed by atoms with E-state index >= 15 is 0 Å². The van der Waals surface area contributed by atoms with Crippen molar-refractivity contribution in [1.82, 2.24) is 14.5 Å². The van der Waals surface area contributed by atoms with Crippen molar-refractivity contribution < 1.29 is 22.9 Å². The summed E-state index contributed by atoms with van der Waals surface area (Å²) in [6, 6.07) is 12.3. The number of nitrogens with zero attached hydrogens (tertiary/aromatic N) is 3. The highest BCUT2D eigenvalue weighted by atomic mass is 32.2. The molecular formula is C20H24N4O6S. The van der Waals surface area contributed by atoms with E-state index < -0.39 is 14.9 Å². The van der Waals surface area contributed by atoms with Crippen LogP contribution in [0.5, 0.6) is 5.75 Å². The number of rotatable bonds is 7. The second-order valence-electron chi connectivity index (χ2n) is 7.04. The average Bonchev–Trinajstić information content (AvgIpc) is 2.77. The van der Waals surface area contributed by atoms with Gasteiger partial charge in [-0.05, 0) is 30.7 Å². The van der Waals surface area contributed by atoms with Crippen molar-refractivity contribution in [3.8, 4) is 5.75 Å². The van der Waals surface area contributed by atoms with Crippen molar-refractivity contribution in [2.75, 3.05) is 39.3 Å². The van der Waals surface area contributed by atoms with Gasteiger partial charge < -0.3 is 15.0 Å². The third-order valence-electron chi connectivity index (χ3n) is 4.83. The maximum Gasteiger partial charge on any atom is 0.317 e. The number of hydrogen-bond acceptors (Lipinski definition) is 6. The van der Waals surface area contributed by atoms with Crippen molar-refractivity contribution in [3.05, 3.63) is 64.2 Å². The molecule has 0 aliphatic carbocycles. The van der Waals surface area contributed by atoms with Crippen LogP contribution in [-0.2, 0) is 10.0 Å². The Labute approximate surface area is 180 Å². The maximum atomic E-state index is 12.8. The van der Waals surface area contributed by atoms with Crippen molar-refractivity contribution >= 4 is 21.7 Å². The molecule has 0 atom stereocenters. The number of sulfonamides is 1. The number of nitrogens with one attached hydrogen (secondary N) is 1. The first-order valence-electron chi connectivity index (χ1n) is 9.74. The van der Waals surface area contributed by atoms with Crippen LogP contribution < -0.4 is 10.1 Å². The first kappa shape index (κ1) is 22.5. The van der Waals surface area contributed by atoms with E-state index in [1.54, 1.807) is 0 Å². The van der Waals surface area contributed by atoms with Crippen LogP contribution in [0.4, 0.5) is 10.5 Å². The van der Waals surface area contributed by atoms with Crippen LogP contribution >= 0.6 is 0 Å². The van der Waals surface area contributed by atoms with Crippen molar-refractivity contribution in [3.63, 3.8) is 0 Å². The van der Waals surface area contributed by atoms with Gasteiger partial charge >= 0.3 is 6.03 Å². The number of non-ortho nitro benzene ring substituents is 1.